The third-order valence-electron chi connectivity index (χ3n) is 1.46. The van der Waals surface area contributed by atoms with Crippen LogP contribution in [0.5, 0.6) is 0 Å². The topological polar surface area (TPSA) is 38.8 Å². The SMILES string of the molecule is C=C(C)C(=O)N(COCC)OCCC. The Labute approximate surface area is 85.4 Å². The van der Waals surface area contributed by atoms with Crippen LogP contribution in [-0.4, -0.2) is 30.9 Å². The van der Waals surface area contributed by atoms with Crippen LogP contribution in [0.1, 0.15) is 27.2 Å². The fourth-order valence-electron chi connectivity index (χ4n) is 0.743. The van der Waals surface area contributed by atoms with Crippen LogP contribution in [0.4, 0.5) is 0 Å². The Kier molecular flexibility index (Phi) is 7.06. The molecule has 0 N–H and O–H groups in total. The first-order chi connectivity index (χ1) is 6.63. The maximum absolute atomic E-state index is 11.5. The zero-order valence-electron chi connectivity index (χ0n) is 9.21. The van der Waals surface area contributed by atoms with Crippen LogP contribution in [-0.2, 0) is 14.4 Å². The second-order valence-electron chi connectivity index (χ2n) is 2.92. The van der Waals surface area contributed by atoms with Gasteiger partial charge in [0.15, 0.2) is 0 Å². The van der Waals surface area contributed by atoms with E-state index in [1.807, 2.05) is 13.8 Å². The molecule has 0 aromatic heterocycles. The van der Waals surface area contributed by atoms with Crippen LogP contribution >= 0.6 is 0 Å². The predicted molar refractivity (Wildman–Crippen MR) is 54.4 cm³/mol. The Morgan fingerprint density at radius 3 is 2.50 bits per heavy atom. The number of rotatable bonds is 7. The summed E-state index contributed by atoms with van der Waals surface area (Å²) in [5.74, 6) is -0.230. The summed E-state index contributed by atoms with van der Waals surface area (Å²) in [5, 5.41) is 1.20. The van der Waals surface area contributed by atoms with Gasteiger partial charge in [0.2, 0.25) is 0 Å². The van der Waals surface area contributed by atoms with Crippen molar-refractivity contribution in [1.82, 2.24) is 5.06 Å². The fourth-order valence-corrected chi connectivity index (χ4v) is 0.743. The van der Waals surface area contributed by atoms with Gasteiger partial charge in [0.05, 0.1) is 6.61 Å². The van der Waals surface area contributed by atoms with Crippen LogP contribution in [0.15, 0.2) is 12.2 Å². The third kappa shape index (κ3) is 4.99. The highest BCUT2D eigenvalue weighted by atomic mass is 16.7. The Balaban J connectivity index is 4.08. The summed E-state index contributed by atoms with van der Waals surface area (Å²) < 4.78 is 5.10. The second-order valence-corrected chi connectivity index (χ2v) is 2.92. The van der Waals surface area contributed by atoms with Crippen LogP contribution in [0.2, 0.25) is 0 Å². The van der Waals surface area contributed by atoms with E-state index in [9.17, 15) is 4.79 Å². The first kappa shape index (κ1) is 13.1. The number of hydrogen-bond donors (Lipinski definition) is 0. The Hall–Kier alpha value is -0.870. The molecule has 0 aliphatic carbocycles. The largest absolute Gasteiger partial charge is 0.359 e. The molecule has 14 heavy (non-hydrogen) atoms. The molecule has 0 aromatic rings. The number of hydroxylamine groups is 2. The van der Waals surface area contributed by atoms with Crippen LogP contribution in [0, 0.1) is 0 Å². The van der Waals surface area contributed by atoms with Gasteiger partial charge in [-0.3, -0.25) is 9.63 Å². The van der Waals surface area contributed by atoms with Crippen molar-refractivity contribution in [3.63, 3.8) is 0 Å². The Bertz CT molecular complexity index is 184. The zero-order valence-corrected chi connectivity index (χ0v) is 9.21. The maximum Gasteiger partial charge on any atom is 0.274 e. The number of carbonyl (C=O) groups excluding carboxylic acids is 1. The highest BCUT2D eigenvalue weighted by molar-refractivity contribution is 5.91. The number of amides is 1. The van der Waals surface area contributed by atoms with Gasteiger partial charge in [0, 0.05) is 12.2 Å². The molecule has 0 bridgehead atoms. The molecule has 0 aliphatic heterocycles. The molecule has 0 heterocycles. The summed E-state index contributed by atoms with van der Waals surface area (Å²) in [6.45, 7) is 10.3. The Morgan fingerprint density at radius 2 is 2.07 bits per heavy atom. The second kappa shape index (κ2) is 7.53. The number of hydrogen-bond acceptors (Lipinski definition) is 3. The minimum Gasteiger partial charge on any atom is -0.359 e. The average Bonchev–Trinajstić information content (AvgIpc) is 2.17. The van der Waals surface area contributed by atoms with Crippen molar-refractivity contribution in [3.05, 3.63) is 12.2 Å². The molecule has 4 heteroatoms. The zero-order chi connectivity index (χ0) is 11.0. The average molecular weight is 201 g/mol. The number of carbonyl (C=O) groups is 1. The lowest BCUT2D eigenvalue weighted by Gasteiger charge is -2.21. The summed E-state index contributed by atoms with van der Waals surface area (Å²) in [6.07, 6.45) is 0.853. The van der Waals surface area contributed by atoms with E-state index < -0.39 is 0 Å². The van der Waals surface area contributed by atoms with E-state index in [1.54, 1.807) is 6.92 Å². The van der Waals surface area contributed by atoms with Gasteiger partial charge in [-0.2, -0.15) is 5.06 Å². The molecule has 0 unspecified atom stereocenters. The van der Waals surface area contributed by atoms with Gasteiger partial charge in [0.1, 0.15) is 6.73 Å². The minimum atomic E-state index is -0.230. The molecular formula is C10H19NO3. The number of nitrogens with zero attached hydrogens (tertiary/aromatic N) is 1. The molecule has 0 saturated heterocycles. The molecule has 1 amide bonds. The van der Waals surface area contributed by atoms with E-state index in [4.69, 9.17) is 9.57 Å². The molecule has 0 rings (SSSR count). The summed E-state index contributed by atoms with van der Waals surface area (Å²) >= 11 is 0. The van der Waals surface area contributed by atoms with Crippen molar-refractivity contribution in [2.75, 3.05) is 19.9 Å². The van der Waals surface area contributed by atoms with Crippen LogP contribution in [0.3, 0.4) is 0 Å². The summed E-state index contributed by atoms with van der Waals surface area (Å²) in [7, 11) is 0. The first-order valence-electron chi connectivity index (χ1n) is 4.81. The smallest absolute Gasteiger partial charge is 0.274 e. The molecule has 82 valence electrons. The van der Waals surface area contributed by atoms with Gasteiger partial charge in [0.25, 0.3) is 5.91 Å². The van der Waals surface area contributed by atoms with E-state index >= 15 is 0 Å². The monoisotopic (exact) mass is 201 g/mol. The van der Waals surface area contributed by atoms with E-state index in [-0.39, 0.29) is 12.6 Å². The third-order valence-corrected chi connectivity index (χ3v) is 1.46. The fraction of sp³-hybridized carbons (Fsp3) is 0.700. The minimum absolute atomic E-state index is 0.155. The first-order valence-corrected chi connectivity index (χ1v) is 4.81. The lowest BCUT2D eigenvalue weighted by Crippen LogP contribution is -2.34. The molecule has 0 radical (unpaired) electrons. The van der Waals surface area contributed by atoms with Crippen molar-refractivity contribution in [1.29, 1.82) is 0 Å². The van der Waals surface area contributed by atoms with Crippen molar-refractivity contribution in [3.8, 4) is 0 Å². The molecule has 0 atom stereocenters. The molecular weight excluding hydrogens is 182 g/mol. The van der Waals surface area contributed by atoms with Gasteiger partial charge in [-0.1, -0.05) is 13.5 Å². The van der Waals surface area contributed by atoms with Crippen LogP contribution in [0.25, 0.3) is 0 Å². The highest BCUT2D eigenvalue weighted by Crippen LogP contribution is 2.01. The van der Waals surface area contributed by atoms with Crippen molar-refractivity contribution in [2.24, 2.45) is 0 Å². The molecule has 4 nitrogen and oxygen atoms in total. The summed E-state index contributed by atoms with van der Waals surface area (Å²) in [5.41, 5.74) is 0.445. The molecule has 0 aliphatic rings. The van der Waals surface area contributed by atoms with E-state index in [0.29, 0.717) is 18.8 Å². The number of ether oxygens (including phenoxy) is 1. The normalized spacial score (nSPS) is 9.93. The molecule has 0 saturated carbocycles. The lowest BCUT2D eigenvalue weighted by molar-refractivity contribution is -0.208. The van der Waals surface area contributed by atoms with E-state index in [1.165, 1.54) is 5.06 Å². The van der Waals surface area contributed by atoms with Gasteiger partial charge in [-0.15, -0.1) is 0 Å². The van der Waals surface area contributed by atoms with Gasteiger partial charge >= 0.3 is 0 Å². The van der Waals surface area contributed by atoms with Gasteiger partial charge < -0.3 is 4.74 Å². The lowest BCUT2D eigenvalue weighted by atomic mass is 10.3. The van der Waals surface area contributed by atoms with Crippen molar-refractivity contribution < 1.29 is 14.4 Å². The molecule has 0 spiro atoms. The van der Waals surface area contributed by atoms with Crippen molar-refractivity contribution in [2.45, 2.75) is 27.2 Å². The van der Waals surface area contributed by atoms with E-state index in [0.717, 1.165) is 6.42 Å². The van der Waals surface area contributed by atoms with Gasteiger partial charge in [-0.05, 0) is 20.3 Å². The summed E-state index contributed by atoms with van der Waals surface area (Å²) in [4.78, 5) is 16.7. The van der Waals surface area contributed by atoms with Crippen LogP contribution < -0.4 is 0 Å². The van der Waals surface area contributed by atoms with Gasteiger partial charge in [-0.25, -0.2) is 0 Å². The highest BCUT2D eigenvalue weighted by Gasteiger charge is 2.14. The molecule has 0 fully saturated rings. The predicted octanol–water partition coefficient (Wildman–Crippen LogP) is 1.73. The quantitative estimate of drug-likeness (QED) is 0.357. The Morgan fingerprint density at radius 1 is 1.43 bits per heavy atom. The standard InChI is InChI=1S/C10H19NO3/c1-5-7-14-11(8-13-6-2)10(12)9(3)4/h3,5-8H2,1-2,4H3. The summed E-state index contributed by atoms with van der Waals surface area (Å²) in [6, 6.07) is 0. The maximum atomic E-state index is 11.5. The van der Waals surface area contributed by atoms with Crippen molar-refractivity contribution >= 4 is 5.91 Å². The van der Waals surface area contributed by atoms with E-state index in [2.05, 4.69) is 6.58 Å². The molecule has 0 aromatic carbocycles.